The Hall–Kier alpha value is -3.43. The molecule has 0 bridgehead atoms. The molecule has 0 saturated carbocycles. The highest BCUT2D eigenvalue weighted by atomic mass is 32.1. The zero-order chi connectivity index (χ0) is 24.5. The van der Waals surface area contributed by atoms with E-state index in [1.807, 2.05) is 17.5 Å². The number of aryl methyl sites for hydroxylation is 1. The van der Waals surface area contributed by atoms with Crippen LogP contribution in [0.5, 0.6) is 0 Å². The number of hydrogen-bond donors (Lipinski definition) is 2. The number of thiophene rings is 1. The number of fused-ring (bicyclic) bond motifs is 1. The number of benzene rings is 2. The number of alkyl halides is 3. The number of aliphatic imine (C=N–C) groups is 1. The van der Waals surface area contributed by atoms with E-state index >= 15 is 0 Å². The van der Waals surface area contributed by atoms with Gasteiger partial charge in [0.1, 0.15) is 0 Å². The number of amides is 1. The molecule has 0 radical (unpaired) electrons. The lowest BCUT2D eigenvalue weighted by atomic mass is 9.84. The Kier molecular flexibility index (Phi) is 6.33. The van der Waals surface area contributed by atoms with Crippen molar-refractivity contribution in [1.82, 2.24) is 4.57 Å². The molecule has 0 aliphatic rings. The summed E-state index contributed by atoms with van der Waals surface area (Å²) in [6.07, 6.45) is -2.22. The van der Waals surface area contributed by atoms with E-state index in [1.54, 1.807) is 35.9 Å². The van der Waals surface area contributed by atoms with Gasteiger partial charge in [-0.25, -0.2) is 0 Å². The van der Waals surface area contributed by atoms with Crippen molar-refractivity contribution < 1.29 is 23.1 Å². The van der Waals surface area contributed by atoms with Gasteiger partial charge in [-0.1, -0.05) is 30.3 Å². The van der Waals surface area contributed by atoms with Crippen LogP contribution >= 0.6 is 11.3 Å². The fourth-order valence-electron chi connectivity index (χ4n) is 4.02. The van der Waals surface area contributed by atoms with Gasteiger partial charge in [0.05, 0.1) is 6.42 Å². The third-order valence-corrected chi connectivity index (χ3v) is 6.50. The number of carbonyl (C=O) groups excluding carboxylic acids is 1. The van der Waals surface area contributed by atoms with E-state index in [4.69, 9.17) is 0 Å². The first-order chi connectivity index (χ1) is 16.1. The molecular formula is C25H22F3N3O2S. The fourth-order valence-corrected chi connectivity index (χ4v) is 4.72. The minimum absolute atomic E-state index is 0.143. The minimum Gasteiger partial charge on any atom is -0.372 e. The maximum absolute atomic E-state index is 14.5. The van der Waals surface area contributed by atoms with Gasteiger partial charge in [0.25, 0.3) is 0 Å². The molecule has 0 aliphatic carbocycles. The Bertz CT molecular complexity index is 1360. The van der Waals surface area contributed by atoms with Crippen molar-refractivity contribution in [2.75, 3.05) is 12.4 Å². The van der Waals surface area contributed by atoms with E-state index < -0.39 is 11.8 Å². The Balaban J connectivity index is 1.80. The van der Waals surface area contributed by atoms with Crippen LogP contribution in [0, 0.1) is 0 Å². The molecule has 1 unspecified atom stereocenters. The number of aromatic nitrogens is 1. The molecule has 1 atom stereocenters. The monoisotopic (exact) mass is 485 g/mol. The van der Waals surface area contributed by atoms with Gasteiger partial charge in [-0.15, -0.1) is 11.3 Å². The molecule has 4 rings (SSSR count). The topological polar surface area (TPSA) is 66.6 Å². The molecule has 176 valence electrons. The first kappa shape index (κ1) is 23.7. The molecule has 34 heavy (non-hydrogen) atoms. The number of hydrogen-bond acceptors (Lipinski definition) is 4. The van der Waals surface area contributed by atoms with E-state index in [0.29, 0.717) is 16.6 Å². The zero-order valence-electron chi connectivity index (χ0n) is 18.4. The van der Waals surface area contributed by atoms with Gasteiger partial charge in [0.2, 0.25) is 11.5 Å². The summed E-state index contributed by atoms with van der Waals surface area (Å²) in [4.78, 5) is 17.3. The highest BCUT2D eigenvalue weighted by molar-refractivity contribution is 7.10. The minimum atomic E-state index is -5.01. The third-order valence-electron chi connectivity index (χ3n) is 5.62. The normalized spacial score (nSPS) is 13.9. The van der Waals surface area contributed by atoms with Crippen molar-refractivity contribution in [3.8, 4) is 0 Å². The van der Waals surface area contributed by atoms with Gasteiger partial charge >= 0.3 is 6.18 Å². The van der Waals surface area contributed by atoms with Gasteiger partial charge in [-0.2, -0.15) is 13.2 Å². The van der Waals surface area contributed by atoms with Crippen LogP contribution in [0.2, 0.25) is 0 Å². The zero-order valence-corrected chi connectivity index (χ0v) is 19.2. The quantitative estimate of drug-likeness (QED) is 0.366. The number of aliphatic hydroxyl groups is 1. The van der Waals surface area contributed by atoms with E-state index in [0.717, 1.165) is 4.88 Å². The van der Waals surface area contributed by atoms with Crippen LogP contribution in [-0.4, -0.2) is 35.0 Å². The summed E-state index contributed by atoms with van der Waals surface area (Å²) < 4.78 is 45.0. The summed E-state index contributed by atoms with van der Waals surface area (Å²) in [6, 6.07) is 14.0. The largest absolute Gasteiger partial charge is 0.425 e. The Labute approximate surface area is 198 Å². The van der Waals surface area contributed by atoms with Gasteiger partial charge in [-0.3, -0.25) is 9.79 Å². The molecule has 9 heteroatoms. The molecule has 0 fully saturated rings. The second-order valence-corrected chi connectivity index (χ2v) is 8.90. The van der Waals surface area contributed by atoms with Crippen molar-refractivity contribution >= 4 is 40.0 Å². The highest BCUT2D eigenvalue weighted by Gasteiger charge is 2.57. The number of para-hydroxylation sites is 1. The summed E-state index contributed by atoms with van der Waals surface area (Å²) >= 11 is 1.44. The SMILES string of the molecule is C/N=C\c1cc(C(O)(c2cn(C)c3ccccc23)C(F)(F)F)ccc1NC(=O)Cc1cccs1. The van der Waals surface area contributed by atoms with E-state index in [9.17, 15) is 23.1 Å². The number of rotatable bonds is 6. The Morgan fingerprint density at radius 3 is 2.62 bits per heavy atom. The van der Waals surface area contributed by atoms with Gasteiger partial charge < -0.3 is 15.0 Å². The predicted octanol–water partition coefficient (Wildman–Crippen LogP) is 5.27. The smallest absolute Gasteiger partial charge is 0.372 e. The van der Waals surface area contributed by atoms with E-state index in [-0.39, 0.29) is 29.0 Å². The first-order valence-corrected chi connectivity index (χ1v) is 11.3. The molecule has 4 aromatic rings. The molecular weight excluding hydrogens is 463 g/mol. The van der Waals surface area contributed by atoms with Crippen molar-refractivity contribution in [3.63, 3.8) is 0 Å². The van der Waals surface area contributed by atoms with Crippen molar-refractivity contribution in [2.24, 2.45) is 12.0 Å². The third kappa shape index (κ3) is 4.24. The van der Waals surface area contributed by atoms with Crippen LogP contribution in [0.3, 0.4) is 0 Å². The summed E-state index contributed by atoms with van der Waals surface area (Å²) in [5.74, 6) is -0.305. The summed E-state index contributed by atoms with van der Waals surface area (Å²) in [6.45, 7) is 0. The Morgan fingerprint density at radius 1 is 1.18 bits per heavy atom. The summed E-state index contributed by atoms with van der Waals surface area (Å²) in [7, 11) is 3.11. The first-order valence-electron chi connectivity index (χ1n) is 10.4. The molecule has 2 N–H and O–H groups in total. The van der Waals surface area contributed by atoms with Crippen LogP contribution in [0.15, 0.2) is 71.2 Å². The number of halogens is 3. The Morgan fingerprint density at radius 2 is 1.94 bits per heavy atom. The molecule has 2 aromatic carbocycles. The van der Waals surface area contributed by atoms with Crippen LogP contribution < -0.4 is 5.32 Å². The molecule has 0 saturated heterocycles. The molecule has 2 heterocycles. The van der Waals surface area contributed by atoms with Crippen molar-refractivity contribution in [3.05, 3.63) is 87.7 Å². The van der Waals surface area contributed by atoms with E-state index in [2.05, 4.69) is 10.3 Å². The van der Waals surface area contributed by atoms with Gasteiger partial charge in [-0.05, 0) is 35.2 Å². The van der Waals surface area contributed by atoms with Crippen LogP contribution in [0.1, 0.15) is 21.6 Å². The van der Waals surface area contributed by atoms with Crippen molar-refractivity contribution in [1.29, 1.82) is 0 Å². The second kappa shape index (κ2) is 9.08. The second-order valence-electron chi connectivity index (χ2n) is 7.87. The van der Waals surface area contributed by atoms with Crippen LogP contribution in [-0.2, 0) is 23.9 Å². The number of carbonyl (C=O) groups is 1. The average molecular weight is 486 g/mol. The van der Waals surface area contributed by atoms with Gasteiger partial charge in [0.15, 0.2) is 0 Å². The lowest BCUT2D eigenvalue weighted by Gasteiger charge is -2.31. The van der Waals surface area contributed by atoms with Crippen LogP contribution in [0.4, 0.5) is 18.9 Å². The standard InChI is InChI=1S/C25H22F3N3O2S/c1-29-14-16-12-17(9-10-21(16)30-23(32)13-18-6-5-11-34-18)24(33,25(26,27)28)20-15-31(2)22-8-4-3-7-19(20)22/h3-12,14-15,33H,13H2,1-2H3,(H,30,32)/b29-14-. The van der Waals surface area contributed by atoms with Gasteiger partial charge in [0, 0.05) is 59.1 Å². The molecule has 0 aliphatic heterocycles. The lowest BCUT2D eigenvalue weighted by molar-refractivity contribution is -0.247. The maximum atomic E-state index is 14.5. The lowest BCUT2D eigenvalue weighted by Crippen LogP contribution is -2.43. The molecule has 0 spiro atoms. The average Bonchev–Trinajstić information content (AvgIpc) is 3.42. The van der Waals surface area contributed by atoms with Crippen LogP contribution in [0.25, 0.3) is 10.9 Å². The maximum Gasteiger partial charge on any atom is 0.425 e. The molecule has 1 amide bonds. The fraction of sp³-hybridized carbons (Fsp3) is 0.200. The van der Waals surface area contributed by atoms with Crippen molar-refractivity contribution in [2.45, 2.75) is 18.2 Å². The van der Waals surface area contributed by atoms with E-state index in [1.165, 1.54) is 49.0 Å². The molecule has 2 aromatic heterocycles. The number of nitrogens with one attached hydrogen (secondary N) is 1. The predicted molar refractivity (Wildman–Crippen MR) is 129 cm³/mol. The molecule has 5 nitrogen and oxygen atoms in total. The number of nitrogens with zero attached hydrogens (tertiary/aromatic N) is 2. The highest BCUT2D eigenvalue weighted by Crippen LogP contribution is 2.47. The summed E-state index contributed by atoms with van der Waals surface area (Å²) in [5, 5.41) is 16.2. The number of anilines is 1. The summed E-state index contributed by atoms with van der Waals surface area (Å²) in [5.41, 5.74) is -2.80.